The summed E-state index contributed by atoms with van der Waals surface area (Å²) in [4.78, 5) is 4.35. The maximum absolute atomic E-state index is 10.1. The lowest BCUT2D eigenvalue weighted by molar-refractivity contribution is 0.187. The van der Waals surface area contributed by atoms with E-state index in [0.29, 0.717) is 10.6 Å². The van der Waals surface area contributed by atoms with Gasteiger partial charge in [0, 0.05) is 23.7 Å². The Morgan fingerprint density at radius 3 is 2.68 bits per heavy atom. The van der Waals surface area contributed by atoms with Crippen molar-refractivity contribution in [3.63, 3.8) is 0 Å². The molecule has 0 fully saturated rings. The first-order valence-corrected chi connectivity index (χ1v) is 7.01. The highest BCUT2D eigenvalue weighted by molar-refractivity contribution is 6.31. The van der Waals surface area contributed by atoms with Crippen LogP contribution in [0.3, 0.4) is 0 Å². The molecule has 0 aliphatic heterocycles. The van der Waals surface area contributed by atoms with Gasteiger partial charge >= 0.3 is 0 Å². The van der Waals surface area contributed by atoms with Crippen molar-refractivity contribution in [1.29, 1.82) is 0 Å². The second-order valence-corrected chi connectivity index (χ2v) is 4.59. The fourth-order valence-electron chi connectivity index (χ4n) is 1.61. The van der Waals surface area contributed by atoms with Crippen LogP contribution in [-0.2, 0) is 0 Å². The molecule has 1 rings (SSSR count). The number of aliphatic hydroxyl groups is 1. The molecule has 0 aromatic heterocycles. The van der Waals surface area contributed by atoms with Crippen molar-refractivity contribution in [2.45, 2.75) is 26.4 Å². The highest BCUT2D eigenvalue weighted by atomic mass is 35.5. The lowest BCUT2D eigenvalue weighted by Crippen LogP contribution is -2.37. The van der Waals surface area contributed by atoms with E-state index in [9.17, 15) is 5.11 Å². The minimum atomic E-state index is -0.689. The third-order valence-electron chi connectivity index (χ3n) is 2.57. The third-order valence-corrected chi connectivity index (χ3v) is 2.92. The van der Waals surface area contributed by atoms with Gasteiger partial charge in [-0.15, -0.1) is 0 Å². The van der Waals surface area contributed by atoms with Gasteiger partial charge in [0.15, 0.2) is 5.96 Å². The van der Waals surface area contributed by atoms with Gasteiger partial charge in [0.1, 0.15) is 6.10 Å². The molecule has 0 aliphatic carbocycles. The summed E-state index contributed by atoms with van der Waals surface area (Å²) in [5.74, 6) is 0.718. The Labute approximate surface area is 119 Å². The Balaban J connectivity index is 2.63. The standard InChI is InChI=1S/C14H22ClN3O/c1-3-9-17-14(16-4-2)18-10-13(19)11-7-5-6-8-12(11)15/h5-8,13,19H,3-4,9-10H2,1-2H3,(H2,16,17,18). The summed E-state index contributed by atoms with van der Waals surface area (Å²) in [5.41, 5.74) is 0.708. The number of nitrogens with one attached hydrogen (secondary N) is 2. The highest BCUT2D eigenvalue weighted by Gasteiger charge is 2.10. The summed E-state index contributed by atoms with van der Waals surface area (Å²) in [7, 11) is 0. The minimum Gasteiger partial charge on any atom is -0.386 e. The van der Waals surface area contributed by atoms with Gasteiger partial charge in [0.05, 0.1) is 6.54 Å². The molecule has 0 amide bonds. The lowest BCUT2D eigenvalue weighted by Gasteiger charge is -2.13. The van der Waals surface area contributed by atoms with E-state index in [0.717, 1.165) is 25.5 Å². The number of nitrogens with zero attached hydrogens (tertiary/aromatic N) is 1. The molecule has 5 heteroatoms. The number of hydrogen-bond acceptors (Lipinski definition) is 2. The van der Waals surface area contributed by atoms with Crippen molar-refractivity contribution in [3.05, 3.63) is 34.9 Å². The van der Waals surface area contributed by atoms with Crippen molar-refractivity contribution < 1.29 is 5.11 Å². The van der Waals surface area contributed by atoms with Crippen molar-refractivity contribution >= 4 is 17.6 Å². The Bertz CT molecular complexity index is 409. The van der Waals surface area contributed by atoms with Crippen LogP contribution in [0.15, 0.2) is 29.3 Å². The molecule has 1 aromatic carbocycles. The largest absolute Gasteiger partial charge is 0.386 e. The molecule has 0 radical (unpaired) electrons. The SMILES string of the molecule is CCCNC(=NCC(O)c1ccccc1Cl)NCC. The van der Waals surface area contributed by atoms with Gasteiger partial charge in [-0.2, -0.15) is 0 Å². The second-order valence-electron chi connectivity index (χ2n) is 4.18. The van der Waals surface area contributed by atoms with Gasteiger partial charge in [-0.3, -0.25) is 4.99 Å². The van der Waals surface area contributed by atoms with Gasteiger partial charge in [-0.05, 0) is 19.4 Å². The third kappa shape index (κ3) is 5.49. The zero-order valence-corrected chi connectivity index (χ0v) is 12.2. The molecule has 3 N–H and O–H groups in total. The predicted octanol–water partition coefficient (Wildman–Crippen LogP) is 2.34. The van der Waals surface area contributed by atoms with Crippen molar-refractivity contribution in [1.82, 2.24) is 10.6 Å². The molecule has 1 unspecified atom stereocenters. The fraction of sp³-hybridized carbons (Fsp3) is 0.500. The minimum absolute atomic E-state index is 0.281. The lowest BCUT2D eigenvalue weighted by atomic mass is 10.1. The topological polar surface area (TPSA) is 56.7 Å². The Hall–Kier alpha value is -1.26. The molecular formula is C14H22ClN3O. The van der Waals surface area contributed by atoms with E-state index in [1.54, 1.807) is 6.07 Å². The molecule has 106 valence electrons. The molecule has 0 saturated carbocycles. The average Bonchev–Trinajstić information content (AvgIpc) is 2.42. The summed E-state index contributed by atoms with van der Waals surface area (Å²) in [5, 5.41) is 17.0. The maximum atomic E-state index is 10.1. The number of halogens is 1. The Morgan fingerprint density at radius 2 is 2.05 bits per heavy atom. The molecule has 0 saturated heterocycles. The molecule has 4 nitrogen and oxygen atoms in total. The van der Waals surface area contributed by atoms with E-state index >= 15 is 0 Å². The molecule has 1 aromatic rings. The normalized spacial score (nSPS) is 13.2. The first-order chi connectivity index (χ1) is 9.19. The number of hydrogen-bond donors (Lipinski definition) is 3. The van der Waals surface area contributed by atoms with Crippen LogP contribution in [0.1, 0.15) is 31.9 Å². The van der Waals surface area contributed by atoms with Gasteiger partial charge in [-0.1, -0.05) is 36.7 Å². The zero-order chi connectivity index (χ0) is 14.1. The quantitative estimate of drug-likeness (QED) is 0.555. The van der Waals surface area contributed by atoms with Crippen LogP contribution in [0.5, 0.6) is 0 Å². The van der Waals surface area contributed by atoms with Crippen LogP contribution in [0.4, 0.5) is 0 Å². The number of benzene rings is 1. The van der Waals surface area contributed by atoms with Gasteiger partial charge in [-0.25, -0.2) is 0 Å². The maximum Gasteiger partial charge on any atom is 0.191 e. The Morgan fingerprint density at radius 1 is 1.32 bits per heavy atom. The number of aliphatic imine (C=N–C) groups is 1. The van der Waals surface area contributed by atoms with Crippen molar-refractivity contribution in [3.8, 4) is 0 Å². The van der Waals surface area contributed by atoms with Crippen molar-refractivity contribution in [2.75, 3.05) is 19.6 Å². The number of rotatable bonds is 6. The summed E-state index contributed by atoms with van der Waals surface area (Å²) < 4.78 is 0. The summed E-state index contributed by atoms with van der Waals surface area (Å²) >= 11 is 6.04. The van der Waals surface area contributed by atoms with E-state index in [1.165, 1.54) is 0 Å². The van der Waals surface area contributed by atoms with Gasteiger partial charge in [0.25, 0.3) is 0 Å². The van der Waals surface area contributed by atoms with Crippen LogP contribution in [0.25, 0.3) is 0 Å². The molecule has 0 bridgehead atoms. The highest BCUT2D eigenvalue weighted by Crippen LogP contribution is 2.22. The summed E-state index contributed by atoms with van der Waals surface area (Å²) in [6.07, 6.45) is 0.336. The van der Waals surface area contributed by atoms with Crippen LogP contribution >= 0.6 is 11.6 Å². The molecule has 19 heavy (non-hydrogen) atoms. The second kappa shape index (κ2) is 8.77. The van der Waals surface area contributed by atoms with Gasteiger partial charge in [0.2, 0.25) is 0 Å². The fourth-order valence-corrected chi connectivity index (χ4v) is 1.87. The molecule has 1 atom stereocenters. The molecule has 0 aliphatic rings. The molecular weight excluding hydrogens is 262 g/mol. The van der Waals surface area contributed by atoms with Crippen LogP contribution in [0, 0.1) is 0 Å². The first kappa shape index (κ1) is 15.8. The van der Waals surface area contributed by atoms with Crippen LogP contribution < -0.4 is 10.6 Å². The number of aliphatic hydroxyl groups excluding tert-OH is 1. The van der Waals surface area contributed by atoms with Gasteiger partial charge < -0.3 is 15.7 Å². The smallest absolute Gasteiger partial charge is 0.191 e. The van der Waals surface area contributed by atoms with E-state index in [2.05, 4.69) is 22.5 Å². The van der Waals surface area contributed by atoms with E-state index in [4.69, 9.17) is 11.6 Å². The predicted molar refractivity (Wildman–Crippen MR) is 80.7 cm³/mol. The zero-order valence-electron chi connectivity index (χ0n) is 11.5. The summed E-state index contributed by atoms with van der Waals surface area (Å²) in [6, 6.07) is 7.28. The average molecular weight is 284 g/mol. The Kier molecular flexibility index (Phi) is 7.30. The monoisotopic (exact) mass is 283 g/mol. The molecule has 0 heterocycles. The number of guanidine groups is 1. The van der Waals surface area contributed by atoms with Crippen molar-refractivity contribution in [2.24, 2.45) is 4.99 Å². The van der Waals surface area contributed by atoms with Crippen LogP contribution in [-0.4, -0.2) is 30.7 Å². The molecule has 0 spiro atoms. The van der Waals surface area contributed by atoms with Crippen LogP contribution in [0.2, 0.25) is 5.02 Å². The van der Waals surface area contributed by atoms with E-state index in [-0.39, 0.29) is 6.54 Å². The summed E-state index contributed by atoms with van der Waals surface area (Å²) in [6.45, 7) is 6.03. The van der Waals surface area contributed by atoms with E-state index < -0.39 is 6.10 Å². The van der Waals surface area contributed by atoms with E-state index in [1.807, 2.05) is 25.1 Å². The first-order valence-electron chi connectivity index (χ1n) is 6.63.